The molecule has 0 radical (unpaired) electrons. The van der Waals surface area contributed by atoms with E-state index >= 15 is 0 Å². The molecule has 3 aromatic rings. The van der Waals surface area contributed by atoms with Crippen LogP contribution in [0.15, 0.2) is 66.7 Å². The minimum Gasteiger partial charge on any atom is -0.483 e. The topological polar surface area (TPSA) is 123 Å². The number of rotatable bonds is 5. The van der Waals surface area contributed by atoms with Crippen molar-refractivity contribution in [2.24, 2.45) is 0 Å². The predicted molar refractivity (Wildman–Crippen MR) is 114 cm³/mol. The largest absolute Gasteiger partial charge is 0.483 e. The summed E-state index contributed by atoms with van der Waals surface area (Å²) < 4.78 is 5.56. The molecule has 0 unspecified atom stereocenters. The molecule has 10 heteroatoms. The van der Waals surface area contributed by atoms with Gasteiger partial charge >= 0.3 is 0 Å². The second-order valence-corrected chi connectivity index (χ2v) is 6.44. The van der Waals surface area contributed by atoms with Gasteiger partial charge in [0.25, 0.3) is 17.5 Å². The summed E-state index contributed by atoms with van der Waals surface area (Å²) in [6.45, 7) is -0.283. The van der Waals surface area contributed by atoms with E-state index in [-0.39, 0.29) is 23.0 Å². The Bertz CT molecular complexity index is 1130. The van der Waals surface area contributed by atoms with Crippen molar-refractivity contribution < 1.29 is 19.2 Å². The van der Waals surface area contributed by atoms with Gasteiger partial charge in [-0.25, -0.2) is 0 Å². The molecule has 3 aromatic carbocycles. The Hall–Kier alpha value is -4.05. The molecule has 152 valence electrons. The molecular weight excluding hydrogens is 408 g/mol. The maximum atomic E-state index is 12.1. The number of non-ortho nitro benzene ring substituents is 1. The summed E-state index contributed by atoms with van der Waals surface area (Å²) in [6.07, 6.45) is 0. The van der Waals surface area contributed by atoms with Crippen molar-refractivity contribution in [3.63, 3.8) is 0 Å². The molecule has 0 spiro atoms. The van der Waals surface area contributed by atoms with Crippen LogP contribution < -0.4 is 20.9 Å². The number of hydrazine groups is 1. The Balaban J connectivity index is 1.49. The fourth-order valence-corrected chi connectivity index (χ4v) is 2.77. The first-order valence-electron chi connectivity index (χ1n) is 8.69. The van der Waals surface area contributed by atoms with Crippen molar-refractivity contribution in [3.8, 4) is 5.75 Å². The van der Waals surface area contributed by atoms with Crippen LogP contribution in [0.25, 0.3) is 10.8 Å². The first-order valence-corrected chi connectivity index (χ1v) is 9.10. The molecule has 9 nitrogen and oxygen atoms in total. The Kier molecular flexibility index (Phi) is 6.50. The summed E-state index contributed by atoms with van der Waals surface area (Å²) in [7, 11) is 0. The van der Waals surface area contributed by atoms with Gasteiger partial charge in [0.1, 0.15) is 5.75 Å². The molecule has 0 fully saturated rings. The van der Waals surface area contributed by atoms with Gasteiger partial charge in [-0.15, -0.1) is 0 Å². The summed E-state index contributed by atoms with van der Waals surface area (Å²) in [4.78, 5) is 34.3. The van der Waals surface area contributed by atoms with Gasteiger partial charge in [-0.1, -0.05) is 42.5 Å². The first-order chi connectivity index (χ1) is 14.4. The average molecular weight is 424 g/mol. The third-order valence-corrected chi connectivity index (χ3v) is 4.17. The van der Waals surface area contributed by atoms with Gasteiger partial charge in [0, 0.05) is 23.1 Å². The number of carbonyl (C=O) groups excluding carboxylic acids is 2. The van der Waals surface area contributed by atoms with Crippen LogP contribution in [0.1, 0.15) is 10.4 Å². The van der Waals surface area contributed by atoms with Crippen LogP contribution in [0.3, 0.4) is 0 Å². The zero-order valence-electron chi connectivity index (χ0n) is 15.5. The maximum absolute atomic E-state index is 12.1. The van der Waals surface area contributed by atoms with Gasteiger partial charge in [-0.2, -0.15) is 0 Å². The van der Waals surface area contributed by atoms with E-state index in [0.717, 1.165) is 16.8 Å². The predicted octanol–water partition coefficient (Wildman–Crippen LogP) is 2.46. The lowest BCUT2D eigenvalue weighted by atomic mass is 10.1. The average Bonchev–Trinajstić information content (AvgIpc) is 2.76. The van der Waals surface area contributed by atoms with Crippen molar-refractivity contribution in [3.05, 3.63) is 82.4 Å². The zero-order valence-corrected chi connectivity index (χ0v) is 16.3. The van der Waals surface area contributed by atoms with Crippen LogP contribution in [0.5, 0.6) is 5.75 Å². The number of hydrogen-bond donors (Lipinski definition) is 3. The van der Waals surface area contributed by atoms with E-state index < -0.39 is 16.7 Å². The SMILES string of the molecule is O=C(COc1cccc2ccccc12)NC(=S)NNC(=O)c1cccc([N+](=O)[O-])c1. The van der Waals surface area contributed by atoms with Crippen molar-refractivity contribution >= 4 is 45.6 Å². The number of nitro groups is 1. The van der Waals surface area contributed by atoms with E-state index in [1.807, 2.05) is 36.4 Å². The molecule has 0 bridgehead atoms. The van der Waals surface area contributed by atoms with E-state index in [4.69, 9.17) is 17.0 Å². The molecular formula is C20H16N4O5S. The van der Waals surface area contributed by atoms with Crippen LogP contribution in [-0.4, -0.2) is 28.5 Å². The second kappa shape index (κ2) is 9.43. The van der Waals surface area contributed by atoms with Crippen molar-refractivity contribution in [2.75, 3.05) is 6.61 Å². The summed E-state index contributed by atoms with van der Waals surface area (Å²) in [6, 6.07) is 18.3. The summed E-state index contributed by atoms with van der Waals surface area (Å²) >= 11 is 4.95. The van der Waals surface area contributed by atoms with E-state index in [0.29, 0.717) is 5.75 Å². The fourth-order valence-electron chi connectivity index (χ4n) is 2.61. The number of hydrogen-bond acceptors (Lipinski definition) is 6. The standard InChI is InChI=1S/C20H16N4O5S/c25-18(12-29-17-10-4-6-13-5-1-2-9-16(13)17)21-20(30)23-22-19(26)14-7-3-8-15(11-14)24(27)28/h1-11H,12H2,(H,22,26)(H2,21,23,25,30). The highest BCUT2D eigenvalue weighted by molar-refractivity contribution is 7.80. The van der Waals surface area contributed by atoms with Crippen LogP contribution in [0.2, 0.25) is 0 Å². The first kappa shape index (κ1) is 20.7. The monoisotopic (exact) mass is 424 g/mol. The molecule has 2 amide bonds. The van der Waals surface area contributed by atoms with Crippen LogP contribution in [-0.2, 0) is 4.79 Å². The zero-order chi connectivity index (χ0) is 21.5. The second-order valence-electron chi connectivity index (χ2n) is 6.03. The van der Waals surface area contributed by atoms with E-state index in [1.165, 1.54) is 18.2 Å². The van der Waals surface area contributed by atoms with Gasteiger partial charge in [0.15, 0.2) is 11.7 Å². The third-order valence-electron chi connectivity index (χ3n) is 3.97. The third kappa shape index (κ3) is 5.26. The molecule has 0 aliphatic rings. The Morgan fingerprint density at radius 1 is 1.00 bits per heavy atom. The Morgan fingerprint density at radius 3 is 2.53 bits per heavy atom. The number of benzene rings is 3. The fraction of sp³-hybridized carbons (Fsp3) is 0.0500. The number of nitro benzene ring substituents is 1. The lowest BCUT2D eigenvalue weighted by Gasteiger charge is -2.12. The van der Waals surface area contributed by atoms with Crippen molar-refractivity contribution in [2.45, 2.75) is 0 Å². The van der Waals surface area contributed by atoms with Crippen LogP contribution in [0.4, 0.5) is 5.69 Å². The number of ether oxygens (including phenoxy) is 1. The Labute approximate surface area is 176 Å². The van der Waals surface area contributed by atoms with Crippen molar-refractivity contribution in [1.82, 2.24) is 16.2 Å². The molecule has 0 saturated carbocycles. The molecule has 3 rings (SSSR count). The minimum atomic E-state index is -0.651. The summed E-state index contributed by atoms with van der Waals surface area (Å²) in [5, 5.41) is 14.8. The van der Waals surface area contributed by atoms with Gasteiger partial charge in [0.2, 0.25) is 0 Å². The maximum Gasteiger partial charge on any atom is 0.270 e. The quantitative estimate of drug-likeness (QED) is 0.327. The molecule has 0 saturated heterocycles. The van der Waals surface area contributed by atoms with E-state index in [2.05, 4.69) is 16.2 Å². The highest BCUT2D eigenvalue weighted by Gasteiger charge is 2.12. The normalized spacial score (nSPS) is 10.1. The summed E-state index contributed by atoms with van der Waals surface area (Å²) in [5.41, 5.74) is 4.46. The number of thiocarbonyl (C=S) groups is 1. The van der Waals surface area contributed by atoms with Gasteiger partial charge in [-0.3, -0.25) is 35.9 Å². The van der Waals surface area contributed by atoms with Gasteiger partial charge in [0.05, 0.1) is 4.92 Å². The lowest BCUT2D eigenvalue weighted by Crippen LogP contribution is -2.49. The number of fused-ring (bicyclic) bond motifs is 1. The molecule has 3 N–H and O–H groups in total. The smallest absolute Gasteiger partial charge is 0.270 e. The molecule has 0 aliphatic heterocycles. The number of nitrogens with zero attached hydrogens (tertiary/aromatic N) is 1. The van der Waals surface area contributed by atoms with Gasteiger partial charge in [-0.05, 0) is 29.7 Å². The molecule has 0 aliphatic carbocycles. The van der Waals surface area contributed by atoms with Gasteiger partial charge < -0.3 is 4.74 Å². The number of nitrogens with one attached hydrogen (secondary N) is 3. The van der Waals surface area contributed by atoms with Crippen molar-refractivity contribution in [1.29, 1.82) is 0 Å². The minimum absolute atomic E-state index is 0.0603. The van der Waals surface area contributed by atoms with Crippen LogP contribution >= 0.6 is 12.2 Å². The van der Waals surface area contributed by atoms with E-state index in [1.54, 1.807) is 6.07 Å². The highest BCUT2D eigenvalue weighted by Crippen LogP contribution is 2.24. The molecule has 30 heavy (non-hydrogen) atoms. The summed E-state index contributed by atoms with van der Waals surface area (Å²) in [5.74, 6) is -0.617. The van der Waals surface area contributed by atoms with Crippen LogP contribution in [0, 0.1) is 10.1 Å². The lowest BCUT2D eigenvalue weighted by molar-refractivity contribution is -0.384. The molecule has 0 heterocycles. The Morgan fingerprint density at radius 2 is 1.73 bits per heavy atom. The number of carbonyl (C=O) groups is 2. The molecule has 0 aromatic heterocycles. The van der Waals surface area contributed by atoms with E-state index in [9.17, 15) is 19.7 Å². The number of amides is 2. The molecule has 0 atom stereocenters. The highest BCUT2D eigenvalue weighted by atomic mass is 32.1.